The minimum atomic E-state index is -0.153. The summed E-state index contributed by atoms with van der Waals surface area (Å²) in [7, 11) is 2.18. The van der Waals surface area contributed by atoms with E-state index < -0.39 is 0 Å². The fourth-order valence-electron chi connectivity index (χ4n) is 4.21. The minimum Gasteiger partial charge on any atom is -0.381 e. The van der Waals surface area contributed by atoms with Crippen LogP contribution in [0.1, 0.15) is 35.1 Å². The van der Waals surface area contributed by atoms with Gasteiger partial charge >= 0.3 is 0 Å². The van der Waals surface area contributed by atoms with Crippen LogP contribution in [0, 0.1) is 0 Å². The molecule has 1 N–H and O–H groups in total. The first-order chi connectivity index (χ1) is 15.7. The van der Waals surface area contributed by atoms with Crippen LogP contribution in [0.3, 0.4) is 0 Å². The highest BCUT2D eigenvalue weighted by Crippen LogP contribution is 2.35. The molecule has 1 fully saturated rings. The van der Waals surface area contributed by atoms with Crippen molar-refractivity contribution in [3.8, 4) is 0 Å². The van der Waals surface area contributed by atoms with Crippen LogP contribution >= 0.6 is 11.3 Å². The number of anilines is 1. The topological polar surface area (TPSA) is 37.4 Å². The third-order valence-corrected chi connectivity index (χ3v) is 7.14. The van der Waals surface area contributed by atoms with Gasteiger partial charge in [0.15, 0.2) is 0 Å². The maximum atomic E-state index is 6.75. The number of hydrogen-bond donors (Lipinski definition) is 1. The van der Waals surface area contributed by atoms with Crippen molar-refractivity contribution in [2.24, 2.45) is 0 Å². The first kappa shape index (κ1) is 21.1. The van der Waals surface area contributed by atoms with E-state index in [2.05, 4.69) is 84.0 Å². The number of ether oxygens (including phenoxy) is 1. The maximum Gasteiger partial charge on any atom is 0.134 e. The molecular weight excluding hydrogens is 414 g/mol. The van der Waals surface area contributed by atoms with E-state index >= 15 is 0 Å². The fraction of sp³-hybridized carbons (Fsp3) is 0.296. The highest BCUT2D eigenvalue weighted by atomic mass is 32.1. The Kier molecular flexibility index (Phi) is 6.49. The van der Waals surface area contributed by atoms with Gasteiger partial charge in [0.25, 0.3) is 0 Å². The summed E-state index contributed by atoms with van der Waals surface area (Å²) in [6.07, 6.45) is 2.22. The normalized spacial score (nSPS) is 16.3. The number of piperidine rings is 1. The maximum absolute atomic E-state index is 6.75. The van der Waals surface area contributed by atoms with Crippen molar-refractivity contribution in [2.45, 2.75) is 31.6 Å². The van der Waals surface area contributed by atoms with Crippen molar-refractivity contribution in [3.05, 3.63) is 95.0 Å². The Hall–Kier alpha value is -2.73. The Morgan fingerprint density at radius 2 is 1.78 bits per heavy atom. The number of benzene rings is 3. The minimum absolute atomic E-state index is 0.153. The molecule has 4 nitrogen and oxygen atoms in total. The summed E-state index contributed by atoms with van der Waals surface area (Å²) < 4.78 is 7.96. The lowest BCUT2D eigenvalue weighted by molar-refractivity contribution is -0.0234. The van der Waals surface area contributed by atoms with Crippen LogP contribution in [0.2, 0.25) is 0 Å². The summed E-state index contributed by atoms with van der Waals surface area (Å²) in [5.74, 6) is 0. The van der Waals surface area contributed by atoms with Gasteiger partial charge in [-0.1, -0.05) is 54.6 Å². The molecule has 32 heavy (non-hydrogen) atoms. The van der Waals surface area contributed by atoms with Crippen molar-refractivity contribution < 1.29 is 4.74 Å². The summed E-state index contributed by atoms with van der Waals surface area (Å²) >= 11 is 1.74. The van der Waals surface area contributed by atoms with Crippen LogP contribution in [0.15, 0.2) is 78.9 Å². The monoisotopic (exact) mass is 443 g/mol. The van der Waals surface area contributed by atoms with E-state index in [1.807, 2.05) is 12.1 Å². The SMILES string of the molecule is CN1CCC(OC(c2cccc(NCc3ccccc3)c2)c2nc3ccccc3s2)CC1. The number of likely N-dealkylation sites (tertiary alicyclic amines) is 1. The lowest BCUT2D eigenvalue weighted by Crippen LogP contribution is -2.35. The Morgan fingerprint density at radius 1 is 1.00 bits per heavy atom. The number of fused-ring (bicyclic) bond motifs is 1. The number of hydrogen-bond acceptors (Lipinski definition) is 5. The van der Waals surface area contributed by atoms with Crippen LogP contribution < -0.4 is 5.32 Å². The zero-order chi connectivity index (χ0) is 21.8. The van der Waals surface area contributed by atoms with Crippen molar-refractivity contribution in [1.82, 2.24) is 9.88 Å². The fourth-order valence-corrected chi connectivity index (χ4v) is 5.24. The molecule has 164 valence electrons. The molecule has 0 amide bonds. The number of aromatic nitrogens is 1. The molecule has 0 saturated carbocycles. The lowest BCUT2D eigenvalue weighted by Gasteiger charge is -2.31. The van der Waals surface area contributed by atoms with Crippen molar-refractivity contribution in [1.29, 1.82) is 0 Å². The van der Waals surface area contributed by atoms with Gasteiger partial charge in [-0.25, -0.2) is 4.98 Å². The van der Waals surface area contributed by atoms with Crippen LogP contribution in [0.25, 0.3) is 10.2 Å². The molecular formula is C27H29N3OS. The summed E-state index contributed by atoms with van der Waals surface area (Å²) in [6, 6.07) is 27.4. The van der Waals surface area contributed by atoms with Crippen molar-refractivity contribution >= 4 is 27.2 Å². The second-order valence-electron chi connectivity index (χ2n) is 8.50. The van der Waals surface area contributed by atoms with Gasteiger partial charge < -0.3 is 15.0 Å². The van der Waals surface area contributed by atoms with E-state index in [0.717, 1.165) is 54.3 Å². The molecule has 0 bridgehead atoms. The lowest BCUT2D eigenvalue weighted by atomic mass is 10.1. The molecule has 0 spiro atoms. The predicted octanol–water partition coefficient (Wildman–Crippen LogP) is 6.11. The number of thiazole rings is 1. The zero-order valence-electron chi connectivity index (χ0n) is 18.4. The van der Waals surface area contributed by atoms with Gasteiger partial charge in [-0.2, -0.15) is 0 Å². The molecule has 1 saturated heterocycles. The van der Waals surface area contributed by atoms with Crippen LogP contribution in [-0.4, -0.2) is 36.1 Å². The Morgan fingerprint density at radius 3 is 2.59 bits per heavy atom. The van der Waals surface area contributed by atoms with E-state index in [1.54, 1.807) is 11.3 Å². The standard InChI is InChI=1S/C27H29N3OS/c1-30-16-14-23(15-17-30)31-26(27-29-24-12-5-6-13-25(24)32-27)21-10-7-11-22(18-21)28-19-20-8-3-2-4-9-20/h2-13,18,23,26,28H,14-17,19H2,1H3. The molecule has 1 aliphatic rings. The Bertz CT molecular complexity index is 1120. The first-order valence-corrected chi connectivity index (χ1v) is 12.1. The molecule has 3 aromatic carbocycles. The molecule has 0 aliphatic carbocycles. The van der Waals surface area contributed by atoms with Gasteiger partial charge in [0.05, 0.1) is 16.3 Å². The summed E-state index contributed by atoms with van der Waals surface area (Å²) in [6.45, 7) is 2.96. The third kappa shape index (κ3) is 5.01. The van der Waals surface area contributed by atoms with Gasteiger partial charge in [-0.05, 0) is 55.3 Å². The summed E-state index contributed by atoms with van der Waals surface area (Å²) in [4.78, 5) is 7.33. The zero-order valence-corrected chi connectivity index (χ0v) is 19.2. The first-order valence-electron chi connectivity index (χ1n) is 11.3. The summed E-state index contributed by atoms with van der Waals surface area (Å²) in [5.41, 5.74) is 4.57. The predicted molar refractivity (Wildman–Crippen MR) is 133 cm³/mol. The van der Waals surface area contributed by atoms with E-state index in [-0.39, 0.29) is 12.2 Å². The van der Waals surface area contributed by atoms with E-state index in [4.69, 9.17) is 9.72 Å². The number of rotatable bonds is 7. The van der Waals surface area contributed by atoms with Gasteiger partial charge in [0, 0.05) is 25.3 Å². The molecule has 1 unspecified atom stereocenters. The highest BCUT2D eigenvalue weighted by molar-refractivity contribution is 7.18. The van der Waals surface area contributed by atoms with E-state index in [1.165, 1.54) is 10.3 Å². The quantitative estimate of drug-likeness (QED) is 0.374. The van der Waals surface area contributed by atoms with Crippen molar-refractivity contribution in [3.63, 3.8) is 0 Å². The molecule has 5 rings (SSSR count). The van der Waals surface area contributed by atoms with Gasteiger partial charge in [0.1, 0.15) is 11.1 Å². The van der Waals surface area contributed by atoms with E-state index in [0.29, 0.717) is 0 Å². The Labute approximate surface area is 193 Å². The van der Waals surface area contributed by atoms with Gasteiger partial charge in [-0.15, -0.1) is 11.3 Å². The van der Waals surface area contributed by atoms with Crippen molar-refractivity contribution in [2.75, 3.05) is 25.5 Å². The average molecular weight is 444 g/mol. The average Bonchev–Trinajstić information content (AvgIpc) is 3.27. The summed E-state index contributed by atoms with van der Waals surface area (Å²) in [5, 5.41) is 4.60. The number of nitrogens with one attached hydrogen (secondary N) is 1. The molecule has 0 radical (unpaired) electrons. The molecule has 2 heterocycles. The van der Waals surface area contributed by atoms with Gasteiger partial charge in [0.2, 0.25) is 0 Å². The Balaban J connectivity index is 1.41. The molecule has 1 aliphatic heterocycles. The third-order valence-electron chi connectivity index (χ3n) is 6.06. The number of nitrogens with zero attached hydrogens (tertiary/aromatic N) is 2. The smallest absolute Gasteiger partial charge is 0.134 e. The largest absolute Gasteiger partial charge is 0.381 e. The van der Waals surface area contributed by atoms with Crippen LogP contribution in [-0.2, 0) is 11.3 Å². The molecule has 1 atom stereocenters. The number of para-hydroxylation sites is 1. The second-order valence-corrected chi connectivity index (χ2v) is 9.57. The molecule has 5 heteroatoms. The second kappa shape index (κ2) is 9.82. The van der Waals surface area contributed by atoms with Gasteiger partial charge in [-0.3, -0.25) is 0 Å². The van der Waals surface area contributed by atoms with Crippen LogP contribution in [0.5, 0.6) is 0 Å². The molecule has 1 aromatic heterocycles. The van der Waals surface area contributed by atoms with Crippen LogP contribution in [0.4, 0.5) is 5.69 Å². The molecule has 4 aromatic rings. The van der Waals surface area contributed by atoms with E-state index in [9.17, 15) is 0 Å². The highest BCUT2D eigenvalue weighted by Gasteiger charge is 2.26.